The van der Waals surface area contributed by atoms with E-state index in [0.717, 1.165) is 5.69 Å². The fourth-order valence-electron chi connectivity index (χ4n) is 8.74. The highest BCUT2D eigenvalue weighted by molar-refractivity contribution is 7.26. The molecule has 11 rings (SSSR count). The van der Waals surface area contributed by atoms with Crippen molar-refractivity contribution in [1.82, 2.24) is 0 Å². The lowest BCUT2D eigenvalue weighted by molar-refractivity contribution is 0.660. The maximum absolute atomic E-state index is 2.48. The predicted molar refractivity (Wildman–Crippen MR) is 227 cm³/mol. The third-order valence-corrected chi connectivity index (χ3v) is 13.5. The standard InChI is InChI=1S/C49H33NS2/c1-49(2)40-16-7-5-14-38(40)48-41(49)17-10-18-42(48)50(34-25-26-37-36-13-6-8-19-43(36)51-46(37)29-34)33-23-21-30(22-24-33)35-15-9-20-44-47(35)39-27-31-11-3-4-12-32(31)28-45(39)52-44/h3-29H,1-2H3. The first-order chi connectivity index (χ1) is 25.5. The molecule has 8 aromatic carbocycles. The van der Waals surface area contributed by atoms with Crippen molar-refractivity contribution in [3.8, 4) is 22.3 Å². The Balaban J connectivity index is 1.11. The lowest BCUT2D eigenvalue weighted by Crippen LogP contribution is -2.16. The molecule has 0 amide bonds. The smallest absolute Gasteiger partial charge is 0.0543 e. The van der Waals surface area contributed by atoms with Gasteiger partial charge in [-0.25, -0.2) is 0 Å². The highest BCUT2D eigenvalue weighted by Gasteiger charge is 2.37. The molecule has 0 aliphatic heterocycles. The van der Waals surface area contributed by atoms with E-state index in [1.165, 1.54) is 95.9 Å². The van der Waals surface area contributed by atoms with Crippen LogP contribution in [0.25, 0.3) is 73.4 Å². The summed E-state index contributed by atoms with van der Waals surface area (Å²) >= 11 is 3.76. The zero-order chi connectivity index (χ0) is 34.6. The summed E-state index contributed by atoms with van der Waals surface area (Å²) < 4.78 is 5.29. The fourth-order valence-corrected chi connectivity index (χ4v) is 11.0. The van der Waals surface area contributed by atoms with Gasteiger partial charge in [-0.3, -0.25) is 0 Å². The molecular weight excluding hydrogens is 667 g/mol. The van der Waals surface area contributed by atoms with E-state index in [1.54, 1.807) is 0 Å². The molecule has 0 radical (unpaired) electrons. The van der Waals surface area contributed by atoms with E-state index in [4.69, 9.17) is 0 Å². The van der Waals surface area contributed by atoms with Gasteiger partial charge in [-0.1, -0.05) is 123 Å². The Hall–Kier alpha value is -5.74. The number of nitrogens with zero attached hydrogens (tertiary/aromatic N) is 1. The average molecular weight is 700 g/mol. The van der Waals surface area contributed by atoms with Crippen LogP contribution in [0.1, 0.15) is 25.0 Å². The SMILES string of the molecule is CC1(C)c2ccccc2-c2c(N(c3ccc(-c4cccc5sc6cc7ccccc7cc6c45)cc3)c3ccc4c(c3)sc3ccccc34)cccc21. The third-order valence-electron chi connectivity index (χ3n) is 11.2. The van der Waals surface area contributed by atoms with Crippen LogP contribution in [-0.4, -0.2) is 0 Å². The molecule has 0 saturated heterocycles. The lowest BCUT2D eigenvalue weighted by Gasteiger charge is -2.29. The van der Waals surface area contributed by atoms with Crippen LogP contribution in [-0.2, 0) is 5.41 Å². The number of fused-ring (bicyclic) bond motifs is 10. The van der Waals surface area contributed by atoms with Gasteiger partial charge in [-0.15, -0.1) is 22.7 Å². The van der Waals surface area contributed by atoms with Crippen molar-refractivity contribution in [2.75, 3.05) is 4.90 Å². The van der Waals surface area contributed by atoms with Crippen LogP contribution in [0, 0.1) is 0 Å². The van der Waals surface area contributed by atoms with Gasteiger partial charge < -0.3 is 4.90 Å². The van der Waals surface area contributed by atoms with Crippen molar-refractivity contribution in [3.63, 3.8) is 0 Å². The van der Waals surface area contributed by atoms with E-state index in [2.05, 4.69) is 183 Å². The predicted octanol–water partition coefficient (Wildman–Crippen LogP) is 15.0. The second kappa shape index (κ2) is 11.1. The molecule has 52 heavy (non-hydrogen) atoms. The summed E-state index contributed by atoms with van der Waals surface area (Å²) in [7, 11) is 0. The van der Waals surface area contributed by atoms with Gasteiger partial charge in [0.1, 0.15) is 0 Å². The molecular formula is C49H33NS2. The van der Waals surface area contributed by atoms with E-state index < -0.39 is 0 Å². The van der Waals surface area contributed by atoms with Crippen molar-refractivity contribution in [1.29, 1.82) is 0 Å². The van der Waals surface area contributed by atoms with Crippen LogP contribution >= 0.6 is 22.7 Å². The van der Waals surface area contributed by atoms with Crippen molar-refractivity contribution in [2.45, 2.75) is 19.3 Å². The van der Waals surface area contributed by atoms with Gasteiger partial charge >= 0.3 is 0 Å². The minimum atomic E-state index is -0.0831. The number of hydrogen-bond acceptors (Lipinski definition) is 3. The van der Waals surface area contributed by atoms with Gasteiger partial charge in [0.05, 0.1) is 5.69 Å². The highest BCUT2D eigenvalue weighted by atomic mass is 32.1. The Morgan fingerprint density at radius 1 is 0.442 bits per heavy atom. The van der Waals surface area contributed by atoms with Crippen LogP contribution in [0.15, 0.2) is 164 Å². The molecule has 0 spiro atoms. The summed E-state index contributed by atoms with van der Waals surface area (Å²) in [4.78, 5) is 2.48. The maximum Gasteiger partial charge on any atom is 0.0543 e. The largest absolute Gasteiger partial charge is 0.310 e. The van der Waals surface area contributed by atoms with Crippen LogP contribution in [0.2, 0.25) is 0 Å². The Kier molecular flexibility index (Phi) is 6.41. The molecule has 1 aliphatic rings. The molecule has 0 atom stereocenters. The third kappa shape index (κ3) is 4.33. The lowest BCUT2D eigenvalue weighted by atomic mass is 9.82. The van der Waals surface area contributed by atoms with Crippen molar-refractivity contribution < 1.29 is 0 Å². The minimum Gasteiger partial charge on any atom is -0.310 e. The first-order valence-corrected chi connectivity index (χ1v) is 19.6. The summed E-state index contributed by atoms with van der Waals surface area (Å²) in [5.74, 6) is 0. The van der Waals surface area contributed by atoms with Crippen LogP contribution in [0.5, 0.6) is 0 Å². The Morgan fingerprint density at radius 2 is 1.08 bits per heavy atom. The molecule has 246 valence electrons. The molecule has 10 aromatic rings. The molecule has 0 saturated carbocycles. The molecule has 0 bridgehead atoms. The van der Waals surface area contributed by atoms with E-state index in [9.17, 15) is 0 Å². The van der Waals surface area contributed by atoms with Gasteiger partial charge in [0.25, 0.3) is 0 Å². The van der Waals surface area contributed by atoms with Crippen molar-refractivity contribution in [2.24, 2.45) is 0 Å². The van der Waals surface area contributed by atoms with Crippen LogP contribution in [0.3, 0.4) is 0 Å². The van der Waals surface area contributed by atoms with Crippen molar-refractivity contribution in [3.05, 3.63) is 175 Å². The summed E-state index contributed by atoms with van der Waals surface area (Å²) in [5.41, 5.74) is 11.4. The van der Waals surface area contributed by atoms with Crippen LogP contribution in [0.4, 0.5) is 17.1 Å². The molecule has 0 N–H and O–H groups in total. The van der Waals surface area contributed by atoms with Gasteiger partial charge in [-0.05, 0) is 93.2 Å². The monoisotopic (exact) mass is 699 g/mol. The van der Waals surface area contributed by atoms with E-state index in [0.29, 0.717) is 0 Å². The molecule has 3 heteroatoms. The first-order valence-electron chi connectivity index (χ1n) is 17.9. The topological polar surface area (TPSA) is 3.24 Å². The summed E-state index contributed by atoms with van der Waals surface area (Å²) in [6.45, 7) is 4.72. The number of rotatable bonds is 4. The Bertz CT molecular complexity index is 3050. The molecule has 1 nitrogen and oxygen atoms in total. The molecule has 2 heterocycles. The van der Waals surface area contributed by atoms with E-state index in [-0.39, 0.29) is 5.41 Å². The van der Waals surface area contributed by atoms with E-state index in [1.807, 2.05) is 22.7 Å². The van der Waals surface area contributed by atoms with Gasteiger partial charge in [0, 0.05) is 62.7 Å². The minimum absolute atomic E-state index is 0.0831. The zero-order valence-corrected chi connectivity index (χ0v) is 30.5. The van der Waals surface area contributed by atoms with Gasteiger partial charge in [0.15, 0.2) is 0 Å². The summed E-state index contributed by atoms with van der Waals surface area (Å²) in [6.07, 6.45) is 0. The summed E-state index contributed by atoms with van der Waals surface area (Å²) in [6, 6.07) is 61.1. The maximum atomic E-state index is 2.48. The summed E-state index contributed by atoms with van der Waals surface area (Å²) in [5, 5.41) is 7.88. The highest BCUT2D eigenvalue weighted by Crippen LogP contribution is 2.54. The van der Waals surface area contributed by atoms with Crippen molar-refractivity contribution >= 4 is 90.9 Å². The van der Waals surface area contributed by atoms with Gasteiger partial charge in [0.2, 0.25) is 0 Å². The second-order valence-electron chi connectivity index (χ2n) is 14.5. The normalized spacial score (nSPS) is 13.3. The number of thiophene rings is 2. The number of hydrogen-bond donors (Lipinski definition) is 0. The second-order valence-corrected chi connectivity index (χ2v) is 16.7. The quantitative estimate of drug-likeness (QED) is 0.177. The van der Waals surface area contributed by atoms with Crippen LogP contribution < -0.4 is 4.90 Å². The Morgan fingerprint density at radius 3 is 1.96 bits per heavy atom. The van der Waals surface area contributed by atoms with E-state index >= 15 is 0 Å². The average Bonchev–Trinajstić information content (AvgIpc) is 3.81. The first kappa shape index (κ1) is 29.9. The number of benzene rings is 8. The zero-order valence-electron chi connectivity index (χ0n) is 28.9. The molecule has 1 aliphatic carbocycles. The number of anilines is 3. The molecule has 0 fully saturated rings. The fraction of sp³-hybridized carbons (Fsp3) is 0.0612. The molecule has 0 unspecified atom stereocenters. The van der Waals surface area contributed by atoms with Gasteiger partial charge in [-0.2, -0.15) is 0 Å². The molecule has 2 aromatic heterocycles. The Labute approximate surface area is 310 Å².